The minimum atomic E-state index is 0.152. The van der Waals surface area contributed by atoms with Gasteiger partial charge in [-0.1, -0.05) is 29.3 Å². The molecule has 1 saturated heterocycles. The molecule has 3 heteroatoms. The zero-order valence-corrected chi connectivity index (χ0v) is 13.4. The summed E-state index contributed by atoms with van der Waals surface area (Å²) in [4.78, 5) is 14.2. The first-order valence-electron chi connectivity index (χ1n) is 7.17. The molecule has 0 N–H and O–H groups in total. The molecule has 1 heterocycles. The van der Waals surface area contributed by atoms with E-state index in [1.807, 2.05) is 12.1 Å². The number of ketones is 1. The van der Waals surface area contributed by atoms with Crippen LogP contribution < -0.4 is 4.90 Å². The van der Waals surface area contributed by atoms with E-state index in [0.29, 0.717) is 0 Å². The number of carbonyl (C=O) groups excluding carboxylic acids is 1. The summed E-state index contributed by atoms with van der Waals surface area (Å²) in [5.74, 6) is 0.997. The Morgan fingerprint density at radius 2 is 2.16 bits per heavy atom. The van der Waals surface area contributed by atoms with Gasteiger partial charge in [0.05, 0.1) is 0 Å². The van der Waals surface area contributed by atoms with Crippen LogP contribution in [0.5, 0.6) is 0 Å². The largest absolute Gasteiger partial charge is 0.371 e. The Bertz CT molecular complexity index is 458. The van der Waals surface area contributed by atoms with Crippen molar-refractivity contribution in [3.8, 4) is 0 Å². The van der Waals surface area contributed by atoms with Gasteiger partial charge < -0.3 is 4.90 Å². The molecule has 0 aliphatic carbocycles. The van der Waals surface area contributed by atoms with Crippen molar-refractivity contribution in [3.05, 3.63) is 28.2 Å². The molecule has 0 amide bonds. The van der Waals surface area contributed by atoms with Crippen molar-refractivity contribution in [2.24, 2.45) is 5.92 Å². The van der Waals surface area contributed by atoms with Crippen LogP contribution in [0.15, 0.2) is 22.7 Å². The summed E-state index contributed by atoms with van der Waals surface area (Å²) in [7, 11) is 0. The molecule has 0 radical (unpaired) electrons. The van der Waals surface area contributed by atoms with Gasteiger partial charge in [0.15, 0.2) is 5.78 Å². The van der Waals surface area contributed by atoms with Gasteiger partial charge in [0.2, 0.25) is 0 Å². The first-order valence-corrected chi connectivity index (χ1v) is 7.96. The van der Waals surface area contributed by atoms with Crippen molar-refractivity contribution in [2.75, 3.05) is 18.0 Å². The van der Waals surface area contributed by atoms with Gasteiger partial charge in [0.25, 0.3) is 0 Å². The molecule has 19 heavy (non-hydrogen) atoms. The van der Waals surface area contributed by atoms with Crippen molar-refractivity contribution in [3.63, 3.8) is 0 Å². The highest BCUT2D eigenvalue weighted by atomic mass is 79.9. The van der Waals surface area contributed by atoms with Gasteiger partial charge in [-0.25, -0.2) is 0 Å². The van der Waals surface area contributed by atoms with E-state index in [4.69, 9.17) is 0 Å². The van der Waals surface area contributed by atoms with Gasteiger partial charge in [-0.3, -0.25) is 4.79 Å². The number of anilines is 1. The minimum absolute atomic E-state index is 0.152. The molecule has 2 rings (SSSR count). The Balaban J connectivity index is 2.25. The van der Waals surface area contributed by atoms with Crippen LogP contribution in [0.2, 0.25) is 0 Å². The smallest absolute Gasteiger partial charge is 0.161 e. The molecule has 0 bridgehead atoms. The fourth-order valence-corrected chi connectivity index (χ4v) is 3.23. The van der Waals surface area contributed by atoms with Crippen molar-refractivity contribution in [1.82, 2.24) is 0 Å². The fraction of sp³-hybridized carbons (Fsp3) is 0.562. The van der Waals surface area contributed by atoms with Crippen LogP contribution in [0, 0.1) is 5.92 Å². The predicted molar refractivity (Wildman–Crippen MR) is 84.0 cm³/mol. The summed E-state index contributed by atoms with van der Waals surface area (Å²) in [5, 5.41) is 0. The van der Waals surface area contributed by atoms with E-state index >= 15 is 0 Å². The van der Waals surface area contributed by atoms with E-state index in [1.54, 1.807) is 6.92 Å². The van der Waals surface area contributed by atoms with Crippen molar-refractivity contribution < 1.29 is 4.79 Å². The fourth-order valence-electron chi connectivity index (χ4n) is 2.88. The van der Waals surface area contributed by atoms with Gasteiger partial charge >= 0.3 is 0 Å². The van der Waals surface area contributed by atoms with E-state index < -0.39 is 0 Å². The molecule has 1 fully saturated rings. The Morgan fingerprint density at radius 3 is 2.84 bits per heavy atom. The average Bonchev–Trinajstić information content (AvgIpc) is 2.63. The molecule has 104 valence electrons. The Kier molecular flexibility index (Phi) is 5.03. The SMILES string of the molecule is CCC1CCCN(c2cc(Br)ccc2C(C)=O)CC1. The van der Waals surface area contributed by atoms with Crippen molar-refractivity contribution in [1.29, 1.82) is 0 Å². The Hall–Kier alpha value is -0.830. The van der Waals surface area contributed by atoms with Gasteiger partial charge in [-0.2, -0.15) is 0 Å². The molecule has 1 unspecified atom stereocenters. The lowest BCUT2D eigenvalue weighted by molar-refractivity contribution is 0.101. The molecule has 1 aromatic rings. The van der Waals surface area contributed by atoms with Crippen LogP contribution >= 0.6 is 15.9 Å². The van der Waals surface area contributed by atoms with E-state index in [1.165, 1.54) is 25.7 Å². The van der Waals surface area contributed by atoms with Crippen molar-refractivity contribution >= 4 is 27.4 Å². The summed E-state index contributed by atoms with van der Waals surface area (Å²) in [5.41, 5.74) is 1.94. The lowest BCUT2D eigenvalue weighted by Gasteiger charge is -2.25. The molecule has 1 aromatic carbocycles. The second kappa shape index (κ2) is 6.56. The van der Waals surface area contributed by atoms with Crippen LogP contribution in [-0.2, 0) is 0 Å². The van der Waals surface area contributed by atoms with E-state index in [9.17, 15) is 4.79 Å². The van der Waals surface area contributed by atoms with Crippen LogP contribution in [0.1, 0.15) is 49.9 Å². The number of rotatable bonds is 3. The Labute approximate surface area is 124 Å². The first-order chi connectivity index (χ1) is 9.11. The number of carbonyl (C=O) groups is 1. The molecule has 1 atom stereocenters. The van der Waals surface area contributed by atoms with Gasteiger partial charge in [0.1, 0.15) is 0 Å². The second-order valence-electron chi connectivity index (χ2n) is 5.41. The highest BCUT2D eigenvalue weighted by Crippen LogP contribution is 2.29. The molecular formula is C16H22BrNO. The second-order valence-corrected chi connectivity index (χ2v) is 6.33. The zero-order valence-electron chi connectivity index (χ0n) is 11.8. The molecule has 0 spiro atoms. The monoisotopic (exact) mass is 323 g/mol. The number of nitrogens with zero attached hydrogens (tertiary/aromatic N) is 1. The van der Waals surface area contributed by atoms with Crippen molar-refractivity contribution in [2.45, 2.75) is 39.5 Å². The number of hydrogen-bond acceptors (Lipinski definition) is 2. The third-order valence-corrected chi connectivity index (χ3v) is 4.60. The normalized spacial score (nSPS) is 20.2. The third-order valence-electron chi connectivity index (χ3n) is 4.10. The van der Waals surface area contributed by atoms with Gasteiger partial charge in [-0.15, -0.1) is 0 Å². The quantitative estimate of drug-likeness (QED) is 0.753. The van der Waals surface area contributed by atoms with Gasteiger partial charge in [-0.05, 0) is 50.3 Å². The molecule has 0 saturated carbocycles. The molecule has 1 aliphatic rings. The number of Topliss-reactive ketones (excluding diaryl/α,β-unsaturated/α-hetero) is 1. The average molecular weight is 324 g/mol. The lowest BCUT2D eigenvalue weighted by Crippen LogP contribution is -2.26. The number of benzene rings is 1. The molecule has 0 aromatic heterocycles. The summed E-state index contributed by atoms with van der Waals surface area (Å²) >= 11 is 3.52. The summed E-state index contributed by atoms with van der Waals surface area (Å²) in [6.45, 7) is 6.06. The summed E-state index contributed by atoms with van der Waals surface area (Å²) in [6.07, 6.45) is 5.05. The van der Waals surface area contributed by atoms with Crippen LogP contribution in [0.3, 0.4) is 0 Å². The maximum atomic E-state index is 11.8. The zero-order chi connectivity index (χ0) is 13.8. The Morgan fingerprint density at radius 1 is 1.37 bits per heavy atom. The van der Waals surface area contributed by atoms with Gasteiger partial charge in [0, 0.05) is 28.8 Å². The van der Waals surface area contributed by atoms with Crippen LogP contribution in [0.4, 0.5) is 5.69 Å². The first kappa shape index (κ1) is 14.6. The van der Waals surface area contributed by atoms with E-state index in [-0.39, 0.29) is 5.78 Å². The molecule has 1 aliphatic heterocycles. The summed E-state index contributed by atoms with van der Waals surface area (Å²) in [6, 6.07) is 5.97. The maximum Gasteiger partial charge on any atom is 0.161 e. The third kappa shape index (κ3) is 3.59. The number of halogens is 1. The molecular weight excluding hydrogens is 302 g/mol. The van der Waals surface area contributed by atoms with Crippen LogP contribution in [-0.4, -0.2) is 18.9 Å². The highest BCUT2D eigenvalue weighted by molar-refractivity contribution is 9.10. The van der Waals surface area contributed by atoms with E-state index in [2.05, 4.69) is 33.8 Å². The highest BCUT2D eigenvalue weighted by Gasteiger charge is 2.19. The standard InChI is InChI=1S/C16H22BrNO/c1-3-13-5-4-9-18(10-8-13)16-11-14(17)6-7-15(16)12(2)19/h6-7,11,13H,3-5,8-10H2,1-2H3. The minimum Gasteiger partial charge on any atom is -0.371 e. The predicted octanol–water partition coefficient (Wildman–Crippen LogP) is 4.67. The van der Waals surface area contributed by atoms with Crippen LogP contribution in [0.25, 0.3) is 0 Å². The number of hydrogen-bond donors (Lipinski definition) is 0. The lowest BCUT2D eigenvalue weighted by atomic mass is 9.98. The van der Waals surface area contributed by atoms with E-state index in [0.717, 1.165) is 34.7 Å². The molecule has 2 nitrogen and oxygen atoms in total. The summed E-state index contributed by atoms with van der Waals surface area (Å²) < 4.78 is 1.05. The topological polar surface area (TPSA) is 20.3 Å². The maximum absolute atomic E-state index is 11.8.